The quantitative estimate of drug-likeness (QED) is 0.923. The first-order chi connectivity index (χ1) is 9.10. The van der Waals surface area contributed by atoms with E-state index in [1.54, 1.807) is 18.3 Å². The monoisotopic (exact) mass is 260 g/mol. The summed E-state index contributed by atoms with van der Waals surface area (Å²) in [7, 11) is 1.44. The molecule has 0 fully saturated rings. The number of ether oxygens (including phenoxy) is 1. The summed E-state index contributed by atoms with van der Waals surface area (Å²) in [6.45, 7) is 1.81. The van der Waals surface area contributed by atoms with Crippen LogP contribution in [0.4, 0.5) is 10.1 Å². The van der Waals surface area contributed by atoms with Crippen LogP contribution >= 0.6 is 0 Å². The Morgan fingerprint density at radius 3 is 2.74 bits per heavy atom. The maximum Gasteiger partial charge on any atom is 0.258 e. The molecule has 0 aliphatic heterocycles. The molecule has 5 heteroatoms. The average molecular weight is 260 g/mol. The van der Waals surface area contributed by atoms with E-state index in [0.29, 0.717) is 11.4 Å². The lowest BCUT2D eigenvalue weighted by Gasteiger charge is -2.07. The molecule has 0 saturated carbocycles. The summed E-state index contributed by atoms with van der Waals surface area (Å²) in [5.41, 5.74) is 1.32. The first kappa shape index (κ1) is 13.0. The van der Waals surface area contributed by atoms with Crippen LogP contribution in [0.5, 0.6) is 5.75 Å². The van der Waals surface area contributed by atoms with Gasteiger partial charge in [-0.2, -0.15) is 0 Å². The molecular weight excluding hydrogens is 247 g/mol. The van der Waals surface area contributed by atoms with E-state index in [0.717, 1.165) is 5.69 Å². The Bertz CT molecular complexity index is 614. The Morgan fingerprint density at radius 2 is 2.11 bits per heavy atom. The average Bonchev–Trinajstić information content (AvgIpc) is 2.38. The summed E-state index contributed by atoms with van der Waals surface area (Å²) in [5.74, 6) is -0.762. The number of nitrogens with zero attached hydrogens (tertiary/aromatic N) is 1. The van der Waals surface area contributed by atoms with Crippen molar-refractivity contribution in [2.45, 2.75) is 6.92 Å². The van der Waals surface area contributed by atoms with Crippen LogP contribution in [0.2, 0.25) is 0 Å². The van der Waals surface area contributed by atoms with Crippen molar-refractivity contribution in [1.82, 2.24) is 4.98 Å². The molecule has 2 rings (SSSR count). The smallest absolute Gasteiger partial charge is 0.258 e. The third-order valence-electron chi connectivity index (χ3n) is 2.58. The van der Waals surface area contributed by atoms with Gasteiger partial charge in [0, 0.05) is 23.6 Å². The number of benzene rings is 1. The Morgan fingerprint density at radius 1 is 1.32 bits per heavy atom. The van der Waals surface area contributed by atoms with Gasteiger partial charge in [0.05, 0.1) is 12.7 Å². The van der Waals surface area contributed by atoms with Gasteiger partial charge < -0.3 is 10.1 Å². The van der Waals surface area contributed by atoms with Crippen LogP contribution in [0.15, 0.2) is 36.5 Å². The lowest BCUT2D eigenvalue weighted by Crippen LogP contribution is -2.14. The van der Waals surface area contributed by atoms with Crippen LogP contribution in [-0.2, 0) is 0 Å². The molecule has 0 bridgehead atoms. The SMILES string of the molecule is COc1ccc(C(=O)Nc2ccnc(C)c2)c(F)c1. The van der Waals surface area contributed by atoms with Crippen LogP contribution in [0.3, 0.4) is 0 Å². The highest BCUT2D eigenvalue weighted by Gasteiger charge is 2.12. The minimum atomic E-state index is -0.623. The van der Waals surface area contributed by atoms with Crippen molar-refractivity contribution in [3.8, 4) is 5.75 Å². The first-order valence-corrected chi connectivity index (χ1v) is 5.67. The van der Waals surface area contributed by atoms with Gasteiger partial charge in [-0.3, -0.25) is 9.78 Å². The van der Waals surface area contributed by atoms with Crippen molar-refractivity contribution in [3.63, 3.8) is 0 Å². The zero-order valence-corrected chi connectivity index (χ0v) is 10.6. The van der Waals surface area contributed by atoms with Gasteiger partial charge in [-0.05, 0) is 31.2 Å². The lowest BCUT2D eigenvalue weighted by atomic mass is 10.2. The van der Waals surface area contributed by atoms with Gasteiger partial charge in [-0.15, -0.1) is 0 Å². The number of amides is 1. The van der Waals surface area contributed by atoms with E-state index in [1.165, 1.54) is 25.3 Å². The molecule has 1 heterocycles. The summed E-state index contributed by atoms with van der Waals surface area (Å²) < 4.78 is 18.6. The number of hydrogen-bond donors (Lipinski definition) is 1. The fourth-order valence-electron chi connectivity index (χ4n) is 1.63. The Labute approximate surface area is 110 Å². The predicted molar refractivity (Wildman–Crippen MR) is 69.9 cm³/mol. The zero-order valence-electron chi connectivity index (χ0n) is 10.6. The van der Waals surface area contributed by atoms with Gasteiger partial charge in [0.1, 0.15) is 11.6 Å². The summed E-state index contributed by atoms with van der Waals surface area (Å²) in [4.78, 5) is 16.0. The molecule has 1 amide bonds. The number of aryl methyl sites for hydroxylation is 1. The number of methoxy groups -OCH3 is 1. The van der Waals surface area contributed by atoms with Gasteiger partial charge >= 0.3 is 0 Å². The molecule has 19 heavy (non-hydrogen) atoms. The number of carbonyl (C=O) groups excluding carboxylic acids is 1. The normalized spacial score (nSPS) is 10.1. The van der Waals surface area contributed by atoms with Crippen molar-refractivity contribution in [2.75, 3.05) is 12.4 Å². The van der Waals surface area contributed by atoms with Crippen molar-refractivity contribution in [3.05, 3.63) is 53.6 Å². The second-order valence-electron chi connectivity index (χ2n) is 3.99. The molecule has 0 radical (unpaired) electrons. The highest BCUT2D eigenvalue weighted by molar-refractivity contribution is 6.04. The molecule has 0 saturated heterocycles. The van der Waals surface area contributed by atoms with Gasteiger partial charge in [0.25, 0.3) is 5.91 Å². The van der Waals surface area contributed by atoms with Crippen LogP contribution in [0, 0.1) is 12.7 Å². The van der Waals surface area contributed by atoms with E-state index in [2.05, 4.69) is 10.3 Å². The van der Waals surface area contributed by atoms with Crippen LogP contribution in [0.1, 0.15) is 16.1 Å². The van der Waals surface area contributed by atoms with Crippen LogP contribution < -0.4 is 10.1 Å². The second kappa shape index (κ2) is 5.48. The first-order valence-electron chi connectivity index (χ1n) is 5.67. The highest BCUT2D eigenvalue weighted by atomic mass is 19.1. The molecule has 1 aromatic carbocycles. The van der Waals surface area contributed by atoms with Gasteiger partial charge in [-0.25, -0.2) is 4.39 Å². The minimum Gasteiger partial charge on any atom is -0.497 e. The minimum absolute atomic E-state index is 0.0322. The molecule has 2 aromatic rings. The number of nitrogens with one attached hydrogen (secondary N) is 1. The van der Waals surface area contributed by atoms with Gasteiger partial charge in [0.15, 0.2) is 0 Å². The standard InChI is InChI=1S/C14H13FN2O2/c1-9-7-10(5-6-16-9)17-14(18)12-4-3-11(19-2)8-13(12)15/h3-8H,1-2H3,(H,16,17,18). The number of rotatable bonds is 3. The van der Waals surface area contributed by atoms with E-state index in [1.807, 2.05) is 6.92 Å². The number of anilines is 1. The number of pyridine rings is 1. The molecule has 0 atom stereocenters. The molecule has 4 nitrogen and oxygen atoms in total. The third-order valence-corrected chi connectivity index (χ3v) is 2.58. The molecular formula is C14H13FN2O2. The van der Waals surface area contributed by atoms with E-state index < -0.39 is 11.7 Å². The van der Waals surface area contributed by atoms with Crippen molar-refractivity contribution in [1.29, 1.82) is 0 Å². The zero-order chi connectivity index (χ0) is 13.8. The highest BCUT2D eigenvalue weighted by Crippen LogP contribution is 2.17. The van der Waals surface area contributed by atoms with Gasteiger partial charge in [0.2, 0.25) is 0 Å². The fraction of sp³-hybridized carbons (Fsp3) is 0.143. The van der Waals surface area contributed by atoms with Crippen molar-refractivity contribution >= 4 is 11.6 Å². The largest absolute Gasteiger partial charge is 0.497 e. The Kier molecular flexibility index (Phi) is 3.75. The van der Waals surface area contributed by atoms with Crippen molar-refractivity contribution in [2.24, 2.45) is 0 Å². The van der Waals surface area contributed by atoms with Gasteiger partial charge in [-0.1, -0.05) is 0 Å². The summed E-state index contributed by atoms with van der Waals surface area (Å²) in [5, 5.41) is 2.62. The topological polar surface area (TPSA) is 51.2 Å². The van der Waals surface area contributed by atoms with Crippen molar-refractivity contribution < 1.29 is 13.9 Å². The van der Waals surface area contributed by atoms with Crippen LogP contribution in [0.25, 0.3) is 0 Å². The lowest BCUT2D eigenvalue weighted by molar-refractivity contribution is 0.102. The number of halogens is 1. The van der Waals surface area contributed by atoms with E-state index in [9.17, 15) is 9.18 Å². The Hall–Kier alpha value is -2.43. The second-order valence-corrected chi connectivity index (χ2v) is 3.99. The fourth-order valence-corrected chi connectivity index (χ4v) is 1.63. The maximum atomic E-state index is 13.7. The predicted octanol–water partition coefficient (Wildman–Crippen LogP) is 2.79. The molecule has 1 N–H and O–H groups in total. The van der Waals surface area contributed by atoms with E-state index in [-0.39, 0.29) is 5.56 Å². The Balaban J connectivity index is 2.20. The molecule has 0 unspecified atom stereocenters. The maximum absolute atomic E-state index is 13.7. The van der Waals surface area contributed by atoms with Crippen LogP contribution in [-0.4, -0.2) is 18.0 Å². The number of aromatic nitrogens is 1. The van der Waals surface area contributed by atoms with E-state index in [4.69, 9.17) is 4.74 Å². The molecule has 98 valence electrons. The summed E-state index contributed by atoms with van der Waals surface area (Å²) in [6.07, 6.45) is 1.58. The summed E-state index contributed by atoms with van der Waals surface area (Å²) in [6, 6.07) is 7.45. The molecule has 1 aromatic heterocycles. The summed E-state index contributed by atoms with van der Waals surface area (Å²) >= 11 is 0. The van der Waals surface area contributed by atoms with E-state index >= 15 is 0 Å². The number of hydrogen-bond acceptors (Lipinski definition) is 3. The molecule has 0 aliphatic rings. The number of carbonyl (C=O) groups is 1. The third kappa shape index (κ3) is 3.07. The molecule has 0 spiro atoms. The molecule has 0 aliphatic carbocycles.